The van der Waals surface area contributed by atoms with E-state index in [0.717, 1.165) is 32.1 Å². The molecule has 2 aromatic heterocycles. The molecular formula is C26H28FN5O3S2. The molecule has 0 atom stereocenters. The van der Waals surface area contributed by atoms with Crippen molar-refractivity contribution in [2.24, 2.45) is 0 Å². The number of nitrogens with zero attached hydrogens (tertiary/aromatic N) is 5. The van der Waals surface area contributed by atoms with Gasteiger partial charge in [-0.25, -0.2) is 17.8 Å². The number of carbonyl (C=O) groups excluding carboxylic acids is 1. The number of carbonyl (C=O) groups is 1. The molecule has 37 heavy (non-hydrogen) atoms. The molecule has 1 aliphatic carbocycles. The lowest BCUT2D eigenvalue weighted by Crippen LogP contribution is -2.38. The fourth-order valence-corrected chi connectivity index (χ4v) is 7.08. The van der Waals surface area contributed by atoms with Crippen molar-refractivity contribution >= 4 is 42.6 Å². The van der Waals surface area contributed by atoms with E-state index in [1.807, 2.05) is 0 Å². The van der Waals surface area contributed by atoms with E-state index in [2.05, 4.69) is 10.1 Å². The summed E-state index contributed by atoms with van der Waals surface area (Å²) in [5.74, 6) is -0.691. The van der Waals surface area contributed by atoms with E-state index in [1.165, 1.54) is 56.9 Å². The quantitative estimate of drug-likeness (QED) is 0.316. The summed E-state index contributed by atoms with van der Waals surface area (Å²) < 4.78 is 44.0. The zero-order chi connectivity index (χ0) is 26.0. The van der Waals surface area contributed by atoms with E-state index in [1.54, 1.807) is 36.3 Å². The number of benzene rings is 2. The van der Waals surface area contributed by atoms with Crippen LogP contribution < -0.4 is 4.90 Å². The molecule has 1 amide bonds. The van der Waals surface area contributed by atoms with E-state index in [0.29, 0.717) is 27.5 Å². The second-order valence-corrected chi connectivity index (χ2v) is 12.2. The predicted octanol–water partition coefficient (Wildman–Crippen LogP) is 4.93. The normalized spacial score (nSPS) is 14.9. The van der Waals surface area contributed by atoms with Gasteiger partial charge in [0.2, 0.25) is 10.0 Å². The van der Waals surface area contributed by atoms with Gasteiger partial charge in [0.15, 0.2) is 5.13 Å². The van der Waals surface area contributed by atoms with E-state index in [-0.39, 0.29) is 29.2 Å². The van der Waals surface area contributed by atoms with Crippen molar-refractivity contribution in [3.05, 3.63) is 72.3 Å². The Morgan fingerprint density at radius 1 is 1.14 bits per heavy atom. The highest BCUT2D eigenvalue weighted by Crippen LogP contribution is 2.31. The molecule has 1 fully saturated rings. The van der Waals surface area contributed by atoms with Crippen LogP contribution in [0.2, 0.25) is 0 Å². The topological polar surface area (TPSA) is 88.4 Å². The van der Waals surface area contributed by atoms with Crippen molar-refractivity contribution in [1.82, 2.24) is 19.1 Å². The van der Waals surface area contributed by atoms with E-state index in [4.69, 9.17) is 0 Å². The lowest BCUT2D eigenvalue weighted by Gasteiger charge is -2.30. The third-order valence-electron chi connectivity index (χ3n) is 6.79. The number of thiazole rings is 1. The van der Waals surface area contributed by atoms with Crippen LogP contribution in [0.15, 0.2) is 65.8 Å². The Bertz CT molecular complexity index is 1480. The maximum Gasteiger partial charge on any atom is 0.260 e. The van der Waals surface area contributed by atoms with Crippen LogP contribution in [0.4, 0.5) is 9.52 Å². The van der Waals surface area contributed by atoms with Gasteiger partial charge in [0.25, 0.3) is 5.91 Å². The van der Waals surface area contributed by atoms with Gasteiger partial charge in [-0.3, -0.25) is 14.4 Å². The molecule has 2 aromatic carbocycles. The fourth-order valence-electron chi connectivity index (χ4n) is 4.65. The zero-order valence-electron chi connectivity index (χ0n) is 20.5. The van der Waals surface area contributed by atoms with Crippen LogP contribution in [0.25, 0.3) is 10.2 Å². The minimum absolute atomic E-state index is 0.00159. The Kier molecular flexibility index (Phi) is 7.36. The van der Waals surface area contributed by atoms with Crippen molar-refractivity contribution in [3.63, 3.8) is 0 Å². The third kappa shape index (κ3) is 5.43. The standard InChI is InChI=1S/C26H28FN5O3S2/c1-30(21-6-3-2-4-7-21)37(34,35)22-11-8-19(9-12-22)25(33)32(17-16-31-15-5-14-28-31)26-29-23-13-10-20(27)18-24(23)36-26/h5,8-15,18,21H,2-4,6-7,16-17H2,1H3. The number of anilines is 1. The average Bonchev–Trinajstić information content (AvgIpc) is 3.58. The predicted molar refractivity (Wildman–Crippen MR) is 142 cm³/mol. The highest BCUT2D eigenvalue weighted by molar-refractivity contribution is 7.89. The number of amides is 1. The van der Waals surface area contributed by atoms with Gasteiger partial charge < -0.3 is 0 Å². The van der Waals surface area contributed by atoms with Crippen LogP contribution >= 0.6 is 11.3 Å². The summed E-state index contributed by atoms with van der Waals surface area (Å²) in [5.41, 5.74) is 0.940. The van der Waals surface area contributed by atoms with Crippen LogP contribution in [0.5, 0.6) is 0 Å². The van der Waals surface area contributed by atoms with E-state index < -0.39 is 10.0 Å². The molecule has 5 rings (SSSR count). The molecule has 8 nitrogen and oxygen atoms in total. The van der Waals surface area contributed by atoms with Crippen LogP contribution in [0.1, 0.15) is 42.5 Å². The van der Waals surface area contributed by atoms with Crippen LogP contribution in [-0.2, 0) is 16.6 Å². The number of fused-ring (bicyclic) bond motifs is 1. The van der Waals surface area contributed by atoms with Crippen molar-refractivity contribution in [2.45, 2.75) is 49.6 Å². The minimum atomic E-state index is -3.66. The molecule has 11 heteroatoms. The first-order valence-electron chi connectivity index (χ1n) is 12.3. The van der Waals surface area contributed by atoms with Crippen molar-refractivity contribution in [3.8, 4) is 0 Å². The molecular weight excluding hydrogens is 513 g/mol. The highest BCUT2D eigenvalue weighted by Gasteiger charge is 2.29. The minimum Gasteiger partial charge on any atom is -0.282 e. The Hall–Kier alpha value is -3.15. The molecule has 0 spiro atoms. The molecule has 4 aromatic rings. The first-order valence-corrected chi connectivity index (χ1v) is 14.5. The van der Waals surface area contributed by atoms with Crippen molar-refractivity contribution in [2.75, 3.05) is 18.5 Å². The van der Waals surface area contributed by atoms with Gasteiger partial charge in [-0.05, 0) is 61.4 Å². The van der Waals surface area contributed by atoms with Gasteiger partial charge in [0, 0.05) is 37.6 Å². The maximum atomic E-state index is 13.7. The molecule has 0 saturated heterocycles. The van der Waals surface area contributed by atoms with Crippen LogP contribution in [0, 0.1) is 5.82 Å². The summed E-state index contributed by atoms with van der Waals surface area (Å²) >= 11 is 1.23. The summed E-state index contributed by atoms with van der Waals surface area (Å²) in [7, 11) is -2.03. The monoisotopic (exact) mass is 541 g/mol. The largest absolute Gasteiger partial charge is 0.282 e. The van der Waals surface area contributed by atoms with Gasteiger partial charge in [-0.2, -0.15) is 9.40 Å². The molecule has 0 unspecified atom stereocenters. The smallest absolute Gasteiger partial charge is 0.260 e. The molecule has 1 aliphatic rings. The molecule has 1 saturated carbocycles. The van der Waals surface area contributed by atoms with Gasteiger partial charge in [0.05, 0.1) is 21.7 Å². The lowest BCUT2D eigenvalue weighted by molar-refractivity contribution is 0.0985. The third-order valence-corrected chi connectivity index (χ3v) is 9.76. The second-order valence-electron chi connectivity index (χ2n) is 9.17. The zero-order valence-corrected chi connectivity index (χ0v) is 22.1. The Balaban J connectivity index is 1.41. The number of rotatable bonds is 8. The Morgan fingerprint density at radius 3 is 2.59 bits per heavy atom. The van der Waals surface area contributed by atoms with E-state index in [9.17, 15) is 17.6 Å². The first kappa shape index (κ1) is 25.5. The van der Waals surface area contributed by atoms with Crippen LogP contribution in [0.3, 0.4) is 0 Å². The van der Waals surface area contributed by atoms with Gasteiger partial charge >= 0.3 is 0 Å². The molecule has 0 aliphatic heterocycles. The number of sulfonamides is 1. The molecule has 0 radical (unpaired) electrons. The van der Waals surface area contributed by atoms with Gasteiger partial charge in [-0.15, -0.1) is 0 Å². The van der Waals surface area contributed by atoms with E-state index >= 15 is 0 Å². The van der Waals surface area contributed by atoms with Crippen molar-refractivity contribution in [1.29, 1.82) is 0 Å². The first-order chi connectivity index (χ1) is 17.8. The summed E-state index contributed by atoms with van der Waals surface area (Å²) in [6, 6.07) is 12.2. The Morgan fingerprint density at radius 2 is 1.89 bits per heavy atom. The molecule has 2 heterocycles. The van der Waals surface area contributed by atoms with Gasteiger partial charge in [-0.1, -0.05) is 30.6 Å². The summed E-state index contributed by atoms with van der Waals surface area (Å²) in [6.07, 6.45) is 8.40. The number of hydrogen-bond donors (Lipinski definition) is 0. The van der Waals surface area contributed by atoms with Crippen molar-refractivity contribution < 1.29 is 17.6 Å². The SMILES string of the molecule is CN(C1CCCCC1)S(=O)(=O)c1ccc(C(=O)N(CCn2cccn2)c2nc3ccc(F)cc3s2)cc1. The summed E-state index contributed by atoms with van der Waals surface area (Å²) in [6.45, 7) is 0.717. The number of hydrogen-bond acceptors (Lipinski definition) is 6. The van der Waals surface area contributed by atoms with Crippen LogP contribution in [-0.4, -0.2) is 53.0 Å². The molecule has 0 N–H and O–H groups in total. The maximum absolute atomic E-state index is 13.7. The summed E-state index contributed by atoms with van der Waals surface area (Å²) in [5, 5.41) is 4.64. The second kappa shape index (κ2) is 10.7. The molecule has 194 valence electrons. The fraction of sp³-hybridized carbons (Fsp3) is 0.346. The van der Waals surface area contributed by atoms with Gasteiger partial charge in [0.1, 0.15) is 5.82 Å². The summed E-state index contributed by atoms with van der Waals surface area (Å²) in [4.78, 5) is 19.9. The average molecular weight is 542 g/mol. The molecule has 0 bridgehead atoms. The lowest BCUT2D eigenvalue weighted by atomic mass is 9.96. The number of aromatic nitrogens is 3. The number of halogens is 1. The Labute approximate surface area is 219 Å². The highest BCUT2D eigenvalue weighted by atomic mass is 32.2.